The Morgan fingerprint density at radius 2 is 2.06 bits per heavy atom. The van der Waals surface area contributed by atoms with Gasteiger partial charge in [0.05, 0.1) is 0 Å². The van der Waals surface area contributed by atoms with E-state index in [1.165, 1.54) is 42.4 Å². The summed E-state index contributed by atoms with van der Waals surface area (Å²) in [5.74, 6) is 0.698. The average Bonchev–Trinajstić information content (AvgIpc) is 2.73. The smallest absolute Gasteiger partial charge is 0.0477 e. The van der Waals surface area contributed by atoms with Crippen molar-refractivity contribution in [2.75, 3.05) is 25.9 Å². The van der Waals surface area contributed by atoms with Crippen molar-refractivity contribution in [3.8, 4) is 0 Å². The Labute approximate surface area is 102 Å². The first-order valence-electron chi connectivity index (χ1n) is 6.29. The van der Waals surface area contributed by atoms with Gasteiger partial charge in [-0.3, -0.25) is 0 Å². The van der Waals surface area contributed by atoms with E-state index in [0.717, 1.165) is 5.69 Å². The second kappa shape index (κ2) is 4.08. The van der Waals surface area contributed by atoms with Gasteiger partial charge in [-0.05, 0) is 56.6 Å². The monoisotopic (exact) mass is 229 g/mol. The van der Waals surface area contributed by atoms with Crippen LogP contribution in [0.5, 0.6) is 0 Å². The average molecular weight is 229 g/mol. The van der Waals surface area contributed by atoms with Crippen molar-refractivity contribution in [2.24, 2.45) is 0 Å². The molecule has 1 aromatic carbocycles. The number of anilines is 1. The highest BCUT2D eigenvalue weighted by Gasteiger charge is 2.20. The van der Waals surface area contributed by atoms with Crippen molar-refractivity contribution < 1.29 is 0 Å². The van der Waals surface area contributed by atoms with Crippen LogP contribution in [-0.4, -0.2) is 30.0 Å². The van der Waals surface area contributed by atoms with E-state index >= 15 is 0 Å². The van der Waals surface area contributed by atoms with Crippen molar-refractivity contribution in [1.29, 1.82) is 0 Å². The van der Waals surface area contributed by atoms with Crippen molar-refractivity contribution >= 4 is 16.6 Å². The molecule has 3 nitrogen and oxygen atoms in total. The molecule has 0 radical (unpaired) electrons. The molecule has 0 spiro atoms. The van der Waals surface area contributed by atoms with Gasteiger partial charge in [0.15, 0.2) is 0 Å². The fourth-order valence-corrected chi connectivity index (χ4v) is 2.82. The van der Waals surface area contributed by atoms with Crippen LogP contribution in [0.25, 0.3) is 10.9 Å². The van der Waals surface area contributed by atoms with Gasteiger partial charge in [-0.25, -0.2) is 0 Å². The summed E-state index contributed by atoms with van der Waals surface area (Å²) in [5, 5.41) is 1.34. The van der Waals surface area contributed by atoms with E-state index in [-0.39, 0.29) is 0 Å². The third-order valence-corrected chi connectivity index (χ3v) is 3.90. The van der Waals surface area contributed by atoms with Crippen molar-refractivity contribution in [3.63, 3.8) is 0 Å². The Bertz CT molecular complexity index is 521. The van der Waals surface area contributed by atoms with Gasteiger partial charge in [0.1, 0.15) is 0 Å². The molecule has 2 heterocycles. The van der Waals surface area contributed by atoms with E-state index in [4.69, 9.17) is 5.73 Å². The van der Waals surface area contributed by atoms with Crippen LogP contribution in [0.1, 0.15) is 24.3 Å². The normalized spacial score (nSPS) is 18.9. The summed E-state index contributed by atoms with van der Waals surface area (Å²) in [7, 11) is 2.20. The summed E-state index contributed by atoms with van der Waals surface area (Å²) < 4.78 is 0. The third kappa shape index (κ3) is 1.91. The molecular formula is C14H19N3. The van der Waals surface area contributed by atoms with E-state index in [1.807, 2.05) is 12.1 Å². The van der Waals surface area contributed by atoms with Crippen LogP contribution in [0, 0.1) is 0 Å². The zero-order valence-corrected chi connectivity index (χ0v) is 10.2. The van der Waals surface area contributed by atoms with Crippen LogP contribution >= 0.6 is 0 Å². The summed E-state index contributed by atoms with van der Waals surface area (Å²) >= 11 is 0. The summed E-state index contributed by atoms with van der Waals surface area (Å²) in [5.41, 5.74) is 9.26. The maximum absolute atomic E-state index is 5.80. The highest BCUT2D eigenvalue weighted by Crippen LogP contribution is 2.33. The summed E-state index contributed by atoms with van der Waals surface area (Å²) in [6.45, 7) is 2.40. The molecular weight excluding hydrogens is 210 g/mol. The second-order valence-electron chi connectivity index (χ2n) is 5.13. The maximum atomic E-state index is 5.80. The summed E-state index contributed by atoms with van der Waals surface area (Å²) in [4.78, 5) is 5.75. The lowest BCUT2D eigenvalue weighted by Crippen LogP contribution is -2.29. The molecule has 1 fully saturated rings. The highest BCUT2D eigenvalue weighted by molar-refractivity contribution is 5.86. The molecule has 1 aliphatic heterocycles. The molecule has 3 heteroatoms. The molecule has 2 aromatic rings. The summed E-state index contributed by atoms with van der Waals surface area (Å²) in [6, 6.07) is 6.16. The Balaban J connectivity index is 1.95. The number of nitrogen functional groups attached to an aromatic ring is 1. The lowest BCUT2D eigenvalue weighted by atomic mass is 9.89. The molecule has 3 rings (SSSR count). The van der Waals surface area contributed by atoms with Crippen molar-refractivity contribution in [1.82, 2.24) is 9.88 Å². The number of nitrogens with zero attached hydrogens (tertiary/aromatic N) is 1. The first kappa shape index (κ1) is 10.7. The van der Waals surface area contributed by atoms with Gasteiger partial charge in [0, 0.05) is 22.8 Å². The van der Waals surface area contributed by atoms with Gasteiger partial charge in [-0.15, -0.1) is 0 Å². The number of nitrogens with one attached hydrogen (secondary N) is 1. The number of nitrogens with two attached hydrogens (primary N) is 1. The van der Waals surface area contributed by atoms with E-state index in [0.29, 0.717) is 5.92 Å². The number of hydrogen-bond acceptors (Lipinski definition) is 2. The SMILES string of the molecule is CN1CCC(c2c[nH]c3cc(N)ccc23)CC1. The fourth-order valence-electron chi connectivity index (χ4n) is 2.82. The van der Waals surface area contributed by atoms with Crippen LogP contribution in [0.15, 0.2) is 24.4 Å². The molecule has 0 unspecified atom stereocenters. The third-order valence-electron chi connectivity index (χ3n) is 3.90. The number of hydrogen-bond donors (Lipinski definition) is 2. The number of rotatable bonds is 1. The maximum Gasteiger partial charge on any atom is 0.0477 e. The van der Waals surface area contributed by atoms with Gasteiger partial charge in [0.2, 0.25) is 0 Å². The first-order chi connectivity index (χ1) is 8.24. The van der Waals surface area contributed by atoms with Crippen molar-refractivity contribution in [3.05, 3.63) is 30.0 Å². The number of aromatic amines is 1. The zero-order valence-electron chi connectivity index (χ0n) is 10.2. The van der Waals surface area contributed by atoms with Crippen LogP contribution in [0.3, 0.4) is 0 Å². The number of likely N-dealkylation sites (tertiary alicyclic amines) is 1. The van der Waals surface area contributed by atoms with Crippen LogP contribution < -0.4 is 5.73 Å². The van der Waals surface area contributed by atoms with Gasteiger partial charge in [0.25, 0.3) is 0 Å². The van der Waals surface area contributed by atoms with E-state index in [2.05, 4.69) is 29.2 Å². The Kier molecular flexibility index (Phi) is 2.56. The van der Waals surface area contributed by atoms with E-state index in [1.54, 1.807) is 0 Å². The molecule has 0 aliphatic carbocycles. The largest absolute Gasteiger partial charge is 0.399 e. The predicted molar refractivity (Wildman–Crippen MR) is 72.2 cm³/mol. The number of benzene rings is 1. The second-order valence-corrected chi connectivity index (χ2v) is 5.13. The molecule has 1 aliphatic rings. The summed E-state index contributed by atoms with van der Waals surface area (Å²) in [6.07, 6.45) is 4.68. The standard InChI is InChI=1S/C14H19N3/c1-17-6-4-10(5-7-17)13-9-16-14-8-11(15)2-3-12(13)14/h2-3,8-10,16H,4-7,15H2,1H3. The molecule has 0 amide bonds. The van der Waals surface area contributed by atoms with Crippen molar-refractivity contribution in [2.45, 2.75) is 18.8 Å². The first-order valence-corrected chi connectivity index (χ1v) is 6.29. The Morgan fingerprint density at radius 3 is 2.82 bits per heavy atom. The van der Waals surface area contributed by atoms with Crippen LogP contribution in [0.4, 0.5) is 5.69 Å². The zero-order chi connectivity index (χ0) is 11.8. The Hall–Kier alpha value is -1.48. The molecule has 90 valence electrons. The van der Waals surface area contributed by atoms with E-state index in [9.17, 15) is 0 Å². The number of piperidine rings is 1. The molecule has 0 bridgehead atoms. The number of aromatic nitrogens is 1. The lowest BCUT2D eigenvalue weighted by molar-refractivity contribution is 0.256. The minimum Gasteiger partial charge on any atom is -0.399 e. The molecule has 0 saturated carbocycles. The molecule has 3 N–H and O–H groups in total. The highest BCUT2D eigenvalue weighted by atomic mass is 15.1. The van der Waals surface area contributed by atoms with Gasteiger partial charge in [-0.2, -0.15) is 0 Å². The van der Waals surface area contributed by atoms with E-state index < -0.39 is 0 Å². The molecule has 0 atom stereocenters. The molecule has 1 aromatic heterocycles. The van der Waals surface area contributed by atoms with Gasteiger partial charge >= 0.3 is 0 Å². The lowest BCUT2D eigenvalue weighted by Gasteiger charge is -2.28. The number of H-pyrrole nitrogens is 1. The van der Waals surface area contributed by atoms with Gasteiger partial charge in [-0.1, -0.05) is 6.07 Å². The topological polar surface area (TPSA) is 45.0 Å². The predicted octanol–water partition coefficient (Wildman–Crippen LogP) is 2.56. The van der Waals surface area contributed by atoms with Crippen LogP contribution in [0.2, 0.25) is 0 Å². The molecule has 17 heavy (non-hydrogen) atoms. The minimum atomic E-state index is 0.698. The minimum absolute atomic E-state index is 0.698. The van der Waals surface area contributed by atoms with Gasteiger partial charge < -0.3 is 15.6 Å². The molecule has 1 saturated heterocycles. The Morgan fingerprint density at radius 1 is 1.29 bits per heavy atom. The number of fused-ring (bicyclic) bond motifs is 1. The fraction of sp³-hybridized carbons (Fsp3) is 0.429. The van der Waals surface area contributed by atoms with Crippen LogP contribution in [-0.2, 0) is 0 Å². The quantitative estimate of drug-likeness (QED) is 0.738.